The Bertz CT molecular complexity index is 675. The van der Waals surface area contributed by atoms with Gasteiger partial charge in [0.25, 0.3) is 0 Å². The molecule has 1 aromatic carbocycles. The highest BCUT2D eigenvalue weighted by molar-refractivity contribution is 5.81. The molecule has 0 aliphatic heterocycles. The number of hydrogen-bond donors (Lipinski definition) is 1. The SMILES string of the molecule is c1ccc(CCNCc2cccc3cccnc23)nc1. The van der Waals surface area contributed by atoms with Gasteiger partial charge in [-0.2, -0.15) is 0 Å². The fourth-order valence-electron chi connectivity index (χ4n) is 2.30. The van der Waals surface area contributed by atoms with Crippen molar-refractivity contribution in [2.24, 2.45) is 0 Å². The van der Waals surface area contributed by atoms with Crippen molar-refractivity contribution in [1.82, 2.24) is 15.3 Å². The van der Waals surface area contributed by atoms with Gasteiger partial charge in [-0.05, 0) is 23.8 Å². The Morgan fingerprint density at radius 3 is 2.65 bits per heavy atom. The van der Waals surface area contributed by atoms with Gasteiger partial charge in [-0.1, -0.05) is 30.3 Å². The molecule has 1 N–H and O–H groups in total. The van der Waals surface area contributed by atoms with Crippen molar-refractivity contribution >= 4 is 10.9 Å². The van der Waals surface area contributed by atoms with Crippen LogP contribution in [0, 0.1) is 0 Å². The van der Waals surface area contributed by atoms with Crippen LogP contribution >= 0.6 is 0 Å². The van der Waals surface area contributed by atoms with Gasteiger partial charge in [-0.15, -0.1) is 0 Å². The van der Waals surface area contributed by atoms with E-state index in [2.05, 4.69) is 45.6 Å². The molecule has 3 aromatic rings. The van der Waals surface area contributed by atoms with Crippen molar-refractivity contribution < 1.29 is 0 Å². The Morgan fingerprint density at radius 1 is 0.850 bits per heavy atom. The van der Waals surface area contributed by atoms with Crippen molar-refractivity contribution in [2.45, 2.75) is 13.0 Å². The molecule has 0 saturated carbocycles. The quantitative estimate of drug-likeness (QED) is 0.719. The van der Waals surface area contributed by atoms with E-state index >= 15 is 0 Å². The molecule has 3 nitrogen and oxygen atoms in total. The second-order valence-corrected chi connectivity index (χ2v) is 4.74. The van der Waals surface area contributed by atoms with Crippen LogP contribution in [0.4, 0.5) is 0 Å². The second-order valence-electron chi connectivity index (χ2n) is 4.74. The number of aromatic nitrogens is 2. The Kier molecular flexibility index (Phi) is 3.99. The van der Waals surface area contributed by atoms with Crippen LogP contribution < -0.4 is 5.32 Å². The van der Waals surface area contributed by atoms with Crippen LogP contribution in [0.2, 0.25) is 0 Å². The molecule has 3 heteroatoms. The van der Waals surface area contributed by atoms with E-state index in [0.717, 1.165) is 30.7 Å². The number of pyridine rings is 2. The molecule has 2 aromatic heterocycles. The highest BCUT2D eigenvalue weighted by atomic mass is 14.9. The van der Waals surface area contributed by atoms with Gasteiger partial charge in [0.1, 0.15) is 0 Å². The number of nitrogens with one attached hydrogen (secondary N) is 1. The molecule has 0 atom stereocenters. The molecule has 3 rings (SSSR count). The molecule has 0 radical (unpaired) electrons. The van der Waals surface area contributed by atoms with Crippen LogP contribution in [0.5, 0.6) is 0 Å². The first kappa shape index (κ1) is 12.8. The predicted molar refractivity (Wildman–Crippen MR) is 81.4 cm³/mol. The van der Waals surface area contributed by atoms with Gasteiger partial charge in [0.05, 0.1) is 5.52 Å². The molecule has 0 aliphatic carbocycles. The summed E-state index contributed by atoms with van der Waals surface area (Å²) in [5.41, 5.74) is 3.44. The smallest absolute Gasteiger partial charge is 0.0746 e. The largest absolute Gasteiger partial charge is 0.312 e. The molecule has 0 fully saturated rings. The summed E-state index contributed by atoms with van der Waals surface area (Å²) in [5, 5.41) is 4.65. The van der Waals surface area contributed by atoms with Crippen molar-refractivity contribution in [3.8, 4) is 0 Å². The third kappa shape index (κ3) is 3.00. The van der Waals surface area contributed by atoms with Crippen molar-refractivity contribution in [3.05, 3.63) is 72.2 Å². The maximum absolute atomic E-state index is 4.47. The predicted octanol–water partition coefficient (Wildman–Crippen LogP) is 2.96. The minimum Gasteiger partial charge on any atom is -0.312 e. The Morgan fingerprint density at radius 2 is 1.75 bits per heavy atom. The van der Waals surface area contributed by atoms with E-state index < -0.39 is 0 Å². The average Bonchev–Trinajstić information content (AvgIpc) is 2.53. The molecule has 20 heavy (non-hydrogen) atoms. The standard InChI is InChI=1S/C17H17N3/c1-2-10-19-16(8-1)9-12-18-13-15-6-3-5-14-7-4-11-20-17(14)15/h1-8,10-11,18H,9,12-13H2. The van der Waals surface area contributed by atoms with E-state index in [4.69, 9.17) is 0 Å². The van der Waals surface area contributed by atoms with Gasteiger partial charge in [-0.25, -0.2) is 0 Å². The Balaban J connectivity index is 1.60. The van der Waals surface area contributed by atoms with Gasteiger partial charge in [0.2, 0.25) is 0 Å². The number of para-hydroxylation sites is 1. The number of hydrogen-bond acceptors (Lipinski definition) is 3. The average molecular weight is 263 g/mol. The summed E-state index contributed by atoms with van der Waals surface area (Å²) < 4.78 is 0. The summed E-state index contributed by atoms with van der Waals surface area (Å²) >= 11 is 0. The van der Waals surface area contributed by atoms with Crippen molar-refractivity contribution in [2.75, 3.05) is 6.54 Å². The van der Waals surface area contributed by atoms with E-state index in [-0.39, 0.29) is 0 Å². The summed E-state index contributed by atoms with van der Waals surface area (Å²) in [5.74, 6) is 0. The number of rotatable bonds is 5. The molecular formula is C17H17N3. The number of fused-ring (bicyclic) bond motifs is 1. The van der Waals surface area contributed by atoms with Gasteiger partial charge in [0.15, 0.2) is 0 Å². The Labute approximate surface area is 118 Å². The third-order valence-electron chi connectivity index (χ3n) is 3.32. The first-order valence-electron chi connectivity index (χ1n) is 6.87. The van der Waals surface area contributed by atoms with Crippen LogP contribution in [0.25, 0.3) is 10.9 Å². The number of nitrogens with zero attached hydrogens (tertiary/aromatic N) is 2. The first-order chi connectivity index (χ1) is 9.93. The van der Waals surface area contributed by atoms with Gasteiger partial charge in [-0.3, -0.25) is 9.97 Å². The van der Waals surface area contributed by atoms with E-state index in [1.54, 1.807) is 0 Å². The lowest BCUT2D eigenvalue weighted by molar-refractivity contribution is 0.682. The summed E-state index contributed by atoms with van der Waals surface area (Å²) in [4.78, 5) is 8.79. The minimum absolute atomic E-state index is 0.835. The molecule has 2 heterocycles. The molecule has 100 valence electrons. The lowest BCUT2D eigenvalue weighted by Crippen LogP contribution is -2.17. The lowest BCUT2D eigenvalue weighted by Gasteiger charge is -2.07. The molecule has 0 aliphatic rings. The summed E-state index contributed by atoms with van der Waals surface area (Å²) in [6.45, 7) is 1.75. The van der Waals surface area contributed by atoms with Gasteiger partial charge in [0, 0.05) is 43.0 Å². The third-order valence-corrected chi connectivity index (χ3v) is 3.32. The van der Waals surface area contributed by atoms with Crippen molar-refractivity contribution in [3.63, 3.8) is 0 Å². The molecule has 0 saturated heterocycles. The van der Waals surface area contributed by atoms with Crippen LogP contribution in [0.1, 0.15) is 11.3 Å². The van der Waals surface area contributed by atoms with Crippen LogP contribution in [-0.2, 0) is 13.0 Å². The fraction of sp³-hybridized carbons (Fsp3) is 0.176. The van der Waals surface area contributed by atoms with Crippen LogP contribution in [-0.4, -0.2) is 16.5 Å². The van der Waals surface area contributed by atoms with E-state index in [1.165, 1.54) is 10.9 Å². The number of benzene rings is 1. The van der Waals surface area contributed by atoms with Gasteiger partial charge >= 0.3 is 0 Å². The normalized spacial score (nSPS) is 10.8. The van der Waals surface area contributed by atoms with E-state index in [9.17, 15) is 0 Å². The first-order valence-corrected chi connectivity index (χ1v) is 6.87. The van der Waals surface area contributed by atoms with Crippen molar-refractivity contribution in [1.29, 1.82) is 0 Å². The summed E-state index contributed by atoms with van der Waals surface area (Å²) in [7, 11) is 0. The molecule has 0 amide bonds. The minimum atomic E-state index is 0.835. The maximum Gasteiger partial charge on any atom is 0.0746 e. The zero-order chi connectivity index (χ0) is 13.6. The second kappa shape index (κ2) is 6.26. The molecule has 0 spiro atoms. The fourth-order valence-corrected chi connectivity index (χ4v) is 2.30. The summed E-state index contributed by atoms with van der Waals surface area (Å²) in [6, 6.07) is 16.4. The zero-order valence-electron chi connectivity index (χ0n) is 11.3. The maximum atomic E-state index is 4.47. The van der Waals surface area contributed by atoms with E-state index in [1.807, 2.05) is 30.6 Å². The van der Waals surface area contributed by atoms with Crippen LogP contribution in [0.15, 0.2) is 60.9 Å². The summed E-state index contributed by atoms with van der Waals surface area (Å²) in [6.07, 6.45) is 4.63. The molecule has 0 unspecified atom stereocenters. The van der Waals surface area contributed by atoms with E-state index in [0.29, 0.717) is 0 Å². The van der Waals surface area contributed by atoms with Gasteiger partial charge < -0.3 is 5.32 Å². The molecule has 0 bridgehead atoms. The lowest BCUT2D eigenvalue weighted by atomic mass is 10.1. The highest BCUT2D eigenvalue weighted by Crippen LogP contribution is 2.15. The zero-order valence-corrected chi connectivity index (χ0v) is 11.3. The highest BCUT2D eigenvalue weighted by Gasteiger charge is 2.01. The monoisotopic (exact) mass is 263 g/mol. The van der Waals surface area contributed by atoms with Crippen LogP contribution in [0.3, 0.4) is 0 Å². The molecular weight excluding hydrogens is 246 g/mol. The topological polar surface area (TPSA) is 37.8 Å². The Hall–Kier alpha value is -2.26.